The first-order valence-corrected chi connectivity index (χ1v) is 6.76. The Morgan fingerprint density at radius 1 is 1.05 bits per heavy atom. The highest BCUT2D eigenvalue weighted by atomic mass is 15.4. The lowest BCUT2D eigenvalue weighted by molar-refractivity contribution is -0.891. The van der Waals surface area contributed by atoms with Gasteiger partial charge >= 0.3 is 0 Å². The first kappa shape index (κ1) is 15.0. The molecule has 2 heterocycles. The third-order valence-electron chi connectivity index (χ3n) is 3.58. The average Bonchev–Trinajstić information content (AvgIpc) is 2.90. The molecule has 0 bridgehead atoms. The predicted molar refractivity (Wildman–Crippen MR) is 83.9 cm³/mol. The lowest BCUT2D eigenvalue weighted by Crippen LogP contribution is -2.44. The third kappa shape index (κ3) is 3.57. The molecule has 0 saturated carbocycles. The van der Waals surface area contributed by atoms with E-state index in [1.54, 1.807) is 21.8 Å². The van der Waals surface area contributed by atoms with Crippen LogP contribution in [0.1, 0.15) is 0 Å². The summed E-state index contributed by atoms with van der Waals surface area (Å²) in [4.78, 5) is 0. The molecule has 0 aliphatic rings. The van der Waals surface area contributed by atoms with E-state index in [4.69, 9.17) is 22.9 Å². The van der Waals surface area contributed by atoms with Gasteiger partial charge in [-0.05, 0) is 0 Å². The van der Waals surface area contributed by atoms with Crippen molar-refractivity contribution in [3.8, 4) is 0 Å². The molecule has 116 valence electrons. The summed E-state index contributed by atoms with van der Waals surface area (Å²) in [6, 6.07) is 0. The van der Waals surface area contributed by atoms with E-state index in [1.165, 1.54) is 0 Å². The van der Waals surface area contributed by atoms with Crippen LogP contribution in [0.15, 0.2) is 12.4 Å². The largest absolute Gasteiger partial charge is 0.394 e. The van der Waals surface area contributed by atoms with Gasteiger partial charge in [-0.1, -0.05) is 0 Å². The second-order valence-corrected chi connectivity index (χ2v) is 5.82. The molecule has 2 rings (SSSR count). The van der Waals surface area contributed by atoms with Crippen LogP contribution in [0, 0.1) is 0 Å². The van der Waals surface area contributed by atoms with Gasteiger partial charge in [0.25, 0.3) is 0 Å². The molecule has 9 nitrogen and oxygen atoms in total. The van der Waals surface area contributed by atoms with E-state index in [2.05, 4.69) is 24.3 Å². The van der Waals surface area contributed by atoms with Gasteiger partial charge in [0.2, 0.25) is 0 Å². The van der Waals surface area contributed by atoms with Gasteiger partial charge in [-0.3, -0.25) is 4.68 Å². The number of hydrogen-bond acceptors (Lipinski definition) is 6. The first-order valence-electron chi connectivity index (χ1n) is 6.76. The van der Waals surface area contributed by atoms with Gasteiger partial charge in [0.15, 0.2) is 5.82 Å². The van der Waals surface area contributed by atoms with E-state index in [9.17, 15) is 0 Å². The molecule has 0 amide bonds. The highest BCUT2D eigenvalue weighted by Gasteiger charge is 2.17. The standard InChI is InChI=1S/C12H24N9/c1-21(2,5-3-19-8-10(14)11(15)18-19)6-4-20-12(16)9(13)7-17-20/h7-8H,3-6,13-14,16H2,1-2H3,(H2,15,18)/q+1. The van der Waals surface area contributed by atoms with Crippen LogP contribution in [0.2, 0.25) is 0 Å². The van der Waals surface area contributed by atoms with Crippen LogP contribution in [-0.2, 0) is 13.1 Å². The second-order valence-electron chi connectivity index (χ2n) is 5.82. The molecule has 0 aliphatic carbocycles. The number of hydrogen-bond donors (Lipinski definition) is 4. The van der Waals surface area contributed by atoms with Gasteiger partial charge < -0.3 is 27.4 Å². The minimum Gasteiger partial charge on any atom is -0.394 e. The van der Waals surface area contributed by atoms with Crippen molar-refractivity contribution in [2.24, 2.45) is 0 Å². The van der Waals surface area contributed by atoms with Crippen LogP contribution < -0.4 is 22.9 Å². The van der Waals surface area contributed by atoms with Crippen LogP contribution in [-0.4, -0.2) is 51.2 Å². The smallest absolute Gasteiger partial charge is 0.168 e. The maximum absolute atomic E-state index is 5.84. The molecule has 0 radical (unpaired) electrons. The van der Waals surface area contributed by atoms with Crippen molar-refractivity contribution in [1.82, 2.24) is 19.6 Å². The van der Waals surface area contributed by atoms with Crippen molar-refractivity contribution in [2.45, 2.75) is 13.1 Å². The first-order chi connectivity index (χ1) is 9.78. The molecular weight excluding hydrogens is 270 g/mol. The van der Waals surface area contributed by atoms with E-state index in [1.807, 2.05) is 0 Å². The predicted octanol–water partition coefficient (Wildman–Crippen LogP) is -0.815. The molecular formula is C12H24N9+. The fourth-order valence-corrected chi connectivity index (χ4v) is 2.00. The summed E-state index contributed by atoms with van der Waals surface area (Å²) in [5.74, 6) is 0.891. The minimum atomic E-state index is 0.375. The Kier molecular flexibility index (Phi) is 3.94. The van der Waals surface area contributed by atoms with Gasteiger partial charge in [0.05, 0.1) is 64.0 Å². The minimum absolute atomic E-state index is 0.375. The lowest BCUT2D eigenvalue weighted by atomic mass is 10.4. The monoisotopic (exact) mass is 294 g/mol. The summed E-state index contributed by atoms with van der Waals surface area (Å²) < 4.78 is 4.28. The molecule has 0 spiro atoms. The van der Waals surface area contributed by atoms with Gasteiger partial charge in [-0.25, -0.2) is 4.68 Å². The Balaban J connectivity index is 1.88. The number of anilines is 4. The topological polar surface area (TPSA) is 140 Å². The molecule has 8 N–H and O–H groups in total. The van der Waals surface area contributed by atoms with Crippen molar-refractivity contribution in [3.63, 3.8) is 0 Å². The zero-order valence-corrected chi connectivity index (χ0v) is 12.5. The molecule has 2 aromatic heterocycles. The zero-order valence-electron chi connectivity index (χ0n) is 12.5. The van der Waals surface area contributed by atoms with Crippen LogP contribution in [0.25, 0.3) is 0 Å². The van der Waals surface area contributed by atoms with Crippen LogP contribution >= 0.6 is 0 Å². The van der Waals surface area contributed by atoms with E-state index >= 15 is 0 Å². The summed E-state index contributed by atoms with van der Waals surface area (Å²) in [7, 11) is 4.28. The van der Waals surface area contributed by atoms with Gasteiger partial charge in [-0.2, -0.15) is 10.2 Å². The van der Waals surface area contributed by atoms with Crippen LogP contribution in [0.3, 0.4) is 0 Å². The molecule has 21 heavy (non-hydrogen) atoms. The van der Waals surface area contributed by atoms with Crippen molar-refractivity contribution in [1.29, 1.82) is 0 Å². The molecule has 0 aromatic carbocycles. The van der Waals surface area contributed by atoms with Crippen molar-refractivity contribution < 1.29 is 4.48 Å². The van der Waals surface area contributed by atoms with Gasteiger partial charge in [0, 0.05) is 0 Å². The van der Waals surface area contributed by atoms with E-state index in [0.717, 1.165) is 24.1 Å². The maximum Gasteiger partial charge on any atom is 0.168 e. The molecule has 0 fully saturated rings. The Labute approximate surface area is 123 Å². The number of nitrogens with two attached hydrogens (primary N) is 4. The quantitative estimate of drug-likeness (QED) is 0.513. The fraction of sp³-hybridized carbons (Fsp3) is 0.500. The molecule has 0 saturated heterocycles. The normalized spacial score (nSPS) is 11.9. The SMILES string of the molecule is C[N+](C)(CCn1cc(N)c(N)n1)CCn1ncc(N)c1N. The van der Waals surface area contributed by atoms with Crippen LogP contribution in [0.5, 0.6) is 0 Å². The summed E-state index contributed by atoms with van der Waals surface area (Å²) in [6.45, 7) is 3.21. The fourth-order valence-electron chi connectivity index (χ4n) is 2.00. The second kappa shape index (κ2) is 5.52. The number of rotatable bonds is 6. The molecule has 0 unspecified atom stereocenters. The Morgan fingerprint density at radius 2 is 1.71 bits per heavy atom. The summed E-state index contributed by atoms with van der Waals surface area (Å²) >= 11 is 0. The van der Waals surface area contributed by atoms with Crippen molar-refractivity contribution in [3.05, 3.63) is 12.4 Å². The van der Waals surface area contributed by atoms with Crippen LogP contribution in [0.4, 0.5) is 23.0 Å². The molecule has 2 aromatic rings. The highest BCUT2D eigenvalue weighted by Crippen LogP contribution is 2.13. The van der Waals surface area contributed by atoms with E-state index in [-0.39, 0.29) is 0 Å². The summed E-state index contributed by atoms with van der Waals surface area (Å²) in [5, 5.41) is 8.31. The average molecular weight is 294 g/mol. The Hall–Kier alpha value is -2.42. The van der Waals surface area contributed by atoms with Crippen molar-refractivity contribution >= 4 is 23.0 Å². The Morgan fingerprint density at radius 3 is 2.24 bits per heavy atom. The van der Waals surface area contributed by atoms with Gasteiger partial charge in [-0.15, -0.1) is 0 Å². The highest BCUT2D eigenvalue weighted by molar-refractivity contribution is 5.57. The number of likely N-dealkylation sites (N-methyl/N-ethyl adjacent to an activating group) is 1. The summed E-state index contributed by atoms with van der Waals surface area (Å²) in [6.07, 6.45) is 3.33. The maximum atomic E-state index is 5.84. The number of aromatic nitrogens is 4. The van der Waals surface area contributed by atoms with Gasteiger partial charge in [0.1, 0.15) is 5.82 Å². The number of nitrogens with zero attached hydrogens (tertiary/aromatic N) is 5. The summed E-state index contributed by atoms with van der Waals surface area (Å²) in [5.41, 5.74) is 23.9. The zero-order chi connectivity index (χ0) is 15.6. The molecule has 9 heteroatoms. The number of quaternary nitrogens is 1. The van der Waals surface area contributed by atoms with E-state index < -0.39 is 0 Å². The number of nitrogen functional groups attached to an aromatic ring is 4. The van der Waals surface area contributed by atoms with E-state index in [0.29, 0.717) is 29.6 Å². The Bertz CT molecular complexity index is 591. The van der Waals surface area contributed by atoms with Crippen molar-refractivity contribution in [2.75, 3.05) is 50.1 Å². The molecule has 0 atom stereocenters. The molecule has 0 aliphatic heterocycles. The lowest BCUT2D eigenvalue weighted by Gasteiger charge is -2.29. The third-order valence-corrected chi connectivity index (χ3v) is 3.58.